The first-order valence-electron chi connectivity index (χ1n) is 5.82. The zero-order valence-electron chi connectivity index (χ0n) is 9.54. The molecule has 0 saturated carbocycles. The molecule has 0 bridgehead atoms. The Hall–Kier alpha value is -2.55. The van der Waals surface area contributed by atoms with Gasteiger partial charge in [-0.3, -0.25) is 9.97 Å². The molecule has 0 N–H and O–H groups in total. The number of benzene rings is 2. The lowest BCUT2D eigenvalue weighted by Gasteiger charge is -1.93. The summed E-state index contributed by atoms with van der Waals surface area (Å²) >= 11 is 0. The Morgan fingerprint density at radius 1 is 0.611 bits per heavy atom. The fraction of sp³-hybridized carbons (Fsp3) is 0. The Morgan fingerprint density at radius 2 is 1.50 bits per heavy atom. The highest BCUT2D eigenvalue weighted by Gasteiger charge is 2.08. The monoisotopic (exact) mass is 231 g/mol. The second-order valence-electron chi connectivity index (χ2n) is 4.21. The number of aromatic nitrogens is 3. The summed E-state index contributed by atoms with van der Waals surface area (Å²) in [6.45, 7) is 0. The van der Waals surface area contributed by atoms with Crippen molar-refractivity contribution in [2.75, 3.05) is 0 Å². The van der Waals surface area contributed by atoms with Crippen molar-refractivity contribution in [3.8, 4) is 0 Å². The summed E-state index contributed by atoms with van der Waals surface area (Å²) in [5.41, 5.74) is 3.66. The van der Waals surface area contributed by atoms with Gasteiger partial charge < -0.3 is 0 Å². The molecule has 0 atom stereocenters. The summed E-state index contributed by atoms with van der Waals surface area (Å²) in [6, 6.07) is 14.0. The van der Waals surface area contributed by atoms with E-state index in [1.165, 1.54) is 5.39 Å². The average Bonchev–Trinajstić information content (AvgIpc) is 2.62. The average molecular weight is 231 g/mol. The number of nitrogens with zero attached hydrogens (tertiary/aromatic N) is 3. The van der Waals surface area contributed by atoms with Crippen molar-refractivity contribution < 1.29 is 0 Å². The predicted octanol–water partition coefficient (Wildman–Crippen LogP) is 3.33. The summed E-state index contributed by atoms with van der Waals surface area (Å²) in [6.07, 6.45) is 3.51. The Morgan fingerprint density at radius 3 is 2.50 bits per heavy atom. The molecule has 0 amide bonds. The molecule has 0 aliphatic rings. The molecule has 2 aromatic carbocycles. The second-order valence-corrected chi connectivity index (χ2v) is 4.21. The van der Waals surface area contributed by atoms with Crippen molar-refractivity contribution in [3.05, 3.63) is 54.9 Å². The third-order valence-electron chi connectivity index (χ3n) is 3.15. The van der Waals surface area contributed by atoms with Crippen LogP contribution < -0.4 is 0 Å². The zero-order valence-corrected chi connectivity index (χ0v) is 9.54. The third kappa shape index (κ3) is 1.21. The summed E-state index contributed by atoms with van der Waals surface area (Å²) in [5, 5.41) is 2.31. The molecule has 3 heteroatoms. The maximum absolute atomic E-state index is 4.67. The molecule has 84 valence electrons. The normalized spacial score (nSPS) is 11.3. The van der Waals surface area contributed by atoms with Crippen molar-refractivity contribution in [1.29, 1.82) is 0 Å². The lowest BCUT2D eigenvalue weighted by atomic mass is 10.1. The van der Waals surface area contributed by atoms with Crippen molar-refractivity contribution in [1.82, 2.24) is 15.0 Å². The van der Waals surface area contributed by atoms with Crippen molar-refractivity contribution >= 4 is 32.8 Å². The van der Waals surface area contributed by atoms with Gasteiger partial charge in [0.15, 0.2) is 0 Å². The Kier molecular flexibility index (Phi) is 1.83. The van der Waals surface area contributed by atoms with Gasteiger partial charge in [-0.15, -0.1) is 0 Å². The number of para-hydroxylation sites is 1. The van der Waals surface area contributed by atoms with Crippen molar-refractivity contribution in [2.24, 2.45) is 0 Å². The highest BCUT2D eigenvalue weighted by molar-refractivity contribution is 6.15. The first kappa shape index (κ1) is 9.48. The maximum atomic E-state index is 4.67. The molecule has 0 radical (unpaired) electrons. The molecule has 0 fully saturated rings. The lowest BCUT2D eigenvalue weighted by Crippen LogP contribution is -1.77. The predicted molar refractivity (Wildman–Crippen MR) is 72.3 cm³/mol. The van der Waals surface area contributed by atoms with E-state index in [9.17, 15) is 0 Å². The van der Waals surface area contributed by atoms with Crippen LogP contribution in [0.15, 0.2) is 54.9 Å². The highest BCUT2D eigenvalue weighted by Crippen LogP contribution is 2.28. The summed E-state index contributed by atoms with van der Waals surface area (Å²) in [7, 11) is 0. The van der Waals surface area contributed by atoms with Crippen LogP contribution in [-0.2, 0) is 0 Å². The summed E-state index contributed by atoms with van der Waals surface area (Å²) in [5.74, 6) is 0. The van der Waals surface area contributed by atoms with Crippen molar-refractivity contribution in [3.63, 3.8) is 0 Å². The van der Waals surface area contributed by atoms with Gasteiger partial charge in [-0.2, -0.15) is 0 Å². The van der Waals surface area contributed by atoms with Crippen LogP contribution in [0.5, 0.6) is 0 Å². The van der Waals surface area contributed by atoms with Gasteiger partial charge in [0.1, 0.15) is 5.52 Å². The van der Waals surface area contributed by atoms with Crippen LogP contribution in [0.3, 0.4) is 0 Å². The van der Waals surface area contributed by atoms with Crippen LogP contribution in [0, 0.1) is 0 Å². The van der Waals surface area contributed by atoms with Gasteiger partial charge in [-0.1, -0.05) is 18.2 Å². The zero-order chi connectivity index (χ0) is 11.9. The summed E-state index contributed by atoms with van der Waals surface area (Å²) < 4.78 is 0. The largest absolute Gasteiger partial charge is 0.254 e. The van der Waals surface area contributed by atoms with E-state index in [2.05, 4.69) is 27.1 Å². The topological polar surface area (TPSA) is 38.7 Å². The van der Waals surface area contributed by atoms with Crippen LogP contribution in [0.4, 0.5) is 0 Å². The molecule has 18 heavy (non-hydrogen) atoms. The van der Waals surface area contributed by atoms with Gasteiger partial charge in [0.2, 0.25) is 0 Å². The minimum Gasteiger partial charge on any atom is -0.254 e. The van der Waals surface area contributed by atoms with E-state index >= 15 is 0 Å². The van der Waals surface area contributed by atoms with Crippen LogP contribution in [0.2, 0.25) is 0 Å². The van der Waals surface area contributed by atoms with Crippen LogP contribution in [-0.4, -0.2) is 15.0 Å². The molecule has 4 rings (SSSR count). The minimum absolute atomic E-state index is 0.855. The van der Waals surface area contributed by atoms with Gasteiger partial charge in [-0.05, 0) is 24.3 Å². The van der Waals surface area contributed by atoms with E-state index < -0.39 is 0 Å². The highest BCUT2D eigenvalue weighted by atomic mass is 14.8. The smallest absolute Gasteiger partial charge is 0.115 e. The molecular weight excluding hydrogens is 222 g/mol. The van der Waals surface area contributed by atoms with E-state index in [1.54, 1.807) is 12.4 Å². The molecule has 2 heterocycles. The number of fused-ring (bicyclic) bond motifs is 5. The first-order chi connectivity index (χ1) is 8.93. The molecule has 4 aromatic rings. The SMILES string of the molecule is c1cnc2ccc3c4ccccc4nc3c2nc1. The van der Waals surface area contributed by atoms with Gasteiger partial charge >= 0.3 is 0 Å². The molecule has 0 aliphatic heterocycles. The van der Waals surface area contributed by atoms with Crippen LogP contribution in [0.25, 0.3) is 32.8 Å². The minimum atomic E-state index is 0.855. The van der Waals surface area contributed by atoms with Gasteiger partial charge in [0.05, 0.1) is 16.6 Å². The molecule has 0 unspecified atom stereocenters. The molecule has 0 spiro atoms. The van der Waals surface area contributed by atoms with E-state index in [0.29, 0.717) is 0 Å². The van der Waals surface area contributed by atoms with Crippen LogP contribution in [0.1, 0.15) is 0 Å². The third-order valence-corrected chi connectivity index (χ3v) is 3.15. The van der Waals surface area contributed by atoms with Gasteiger partial charge in [0, 0.05) is 23.2 Å². The fourth-order valence-electron chi connectivity index (χ4n) is 2.33. The van der Waals surface area contributed by atoms with E-state index in [-0.39, 0.29) is 0 Å². The number of hydrogen-bond donors (Lipinski definition) is 0. The van der Waals surface area contributed by atoms with E-state index in [4.69, 9.17) is 0 Å². The maximum Gasteiger partial charge on any atom is 0.115 e. The van der Waals surface area contributed by atoms with E-state index in [1.807, 2.05) is 30.3 Å². The number of hydrogen-bond acceptors (Lipinski definition) is 3. The second kappa shape index (κ2) is 3.47. The van der Waals surface area contributed by atoms with Gasteiger partial charge in [0.25, 0.3) is 0 Å². The van der Waals surface area contributed by atoms with Crippen LogP contribution >= 0.6 is 0 Å². The molecule has 0 aliphatic carbocycles. The summed E-state index contributed by atoms with van der Waals surface area (Å²) in [4.78, 5) is 13.5. The molecule has 0 saturated heterocycles. The van der Waals surface area contributed by atoms with Gasteiger partial charge in [-0.25, -0.2) is 4.98 Å². The Balaban J connectivity index is 2.33. The quantitative estimate of drug-likeness (QED) is 0.466. The molecule has 2 aromatic heterocycles. The first-order valence-corrected chi connectivity index (χ1v) is 5.82. The molecular formula is C15H9N3. The van der Waals surface area contributed by atoms with Crippen molar-refractivity contribution in [2.45, 2.75) is 0 Å². The van der Waals surface area contributed by atoms with E-state index in [0.717, 1.165) is 27.5 Å². The molecule has 3 nitrogen and oxygen atoms in total. The lowest BCUT2D eigenvalue weighted by molar-refractivity contribution is 1.43. The Bertz CT molecular complexity index is 884. The Labute approximate surface area is 103 Å². The standard InChI is InChI=1S/C15H9N3/c1-2-5-12-10(4-1)11-6-7-13-15(14(11)18-12)17-9-3-8-16-13/h1-9H. The number of rotatable bonds is 0. The fourth-order valence-corrected chi connectivity index (χ4v) is 2.33.